The normalized spacial score (nSPS) is 15.4. The number of nitrogens with one attached hydrogen (secondary N) is 1. The molecule has 1 saturated carbocycles. The van der Waals surface area contributed by atoms with Gasteiger partial charge in [0.25, 0.3) is 5.91 Å². The topological polar surface area (TPSA) is 71.2 Å². The van der Waals surface area contributed by atoms with Gasteiger partial charge in [0.1, 0.15) is 10.7 Å². The van der Waals surface area contributed by atoms with Gasteiger partial charge in [-0.15, -0.1) is 0 Å². The highest BCUT2D eigenvalue weighted by Gasteiger charge is 2.23. The van der Waals surface area contributed by atoms with Crippen LogP contribution in [0.5, 0.6) is 0 Å². The largest absolute Gasteiger partial charge is 0.382 e. The SMILES string of the molecule is CC(C)CN(C)C(=O)c1sc(NC2CCC2)nc1N. The van der Waals surface area contributed by atoms with Crippen molar-refractivity contribution >= 4 is 28.2 Å². The molecule has 0 aliphatic heterocycles. The van der Waals surface area contributed by atoms with Crippen molar-refractivity contribution in [2.24, 2.45) is 5.92 Å². The molecule has 1 aromatic rings. The van der Waals surface area contributed by atoms with Gasteiger partial charge in [-0.2, -0.15) is 0 Å². The van der Waals surface area contributed by atoms with E-state index in [0.717, 1.165) is 11.7 Å². The number of amides is 1. The third kappa shape index (κ3) is 3.37. The van der Waals surface area contributed by atoms with Crippen LogP contribution in [0.25, 0.3) is 0 Å². The van der Waals surface area contributed by atoms with Crippen LogP contribution in [0.1, 0.15) is 42.8 Å². The average molecular weight is 282 g/mol. The van der Waals surface area contributed by atoms with Gasteiger partial charge < -0.3 is 16.0 Å². The third-order valence-electron chi connectivity index (χ3n) is 3.27. The lowest BCUT2D eigenvalue weighted by Crippen LogP contribution is -2.30. The Morgan fingerprint density at radius 2 is 2.26 bits per heavy atom. The zero-order chi connectivity index (χ0) is 14.0. The molecule has 0 spiro atoms. The second-order valence-electron chi connectivity index (χ2n) is 5.59. The minimum absolute atomic E-state index is 0.0367. The summed E-state index contributed by atoms with van der Waals surface area (Å²) < 4.78 is 0. The van der Waals surface area contributed by atoms with E-state index >= 15 is 0 Å². The van der Waals surface area contributed by atoms with Crippen molar-refractivity contribution in [3.8, 4) is 0 Å². The maximum absolute atomic E-state index is 12.3. The summed E-state index contributed by atoms with van der Waals surface area (Å²) in [6.45, 7) is 4.90. The molecule has 0 bridgehead atoms. The van der Waals surface area contributed by atoms with Crippen LogP contribution in [0.15, 0.2) is 0 Å². The van der Waals surface area contributed by atoms with Crippen LogP contribution in [-0.2, 0) is 0 Å². The Bertz CT molecular complexity index is 453. The fraction of sp³-hybridized carbons (Fsp3) is 0.692. The molecular formula is C13H22N4OS. The highest BCUT2D eigenvalue weighted by Crippen LogP contribution is 2.30. The summed E-state index contributed by atoms with van der Waals surface area (Å²) in [5.41, 5.74) is 5.86. The maximum Gasteiger partial charge on any atom is 0.267 e. The molecule has 1 aliphatic carbocycles. The molecule has 1 fully saturated rings. The van der Waals surface area contributed by atoms with Gasteiger partial charge in [-0.3, -0.25) is 4.79 Å². The van der Waals surface area contributed by atoms with Gasteiger partial charge in [0, 0.05) is 19.6 Å². The summed E-state index contributed by atoms with van der Waals surface area (Å²) in [6.07, 6.45) is 3.62. The first-order chi connectivity index (χ1) is 8.97. The fourth-order valence-electron chi connectivity index (χ4n) is 2.08. The highest BCUT2D eigenvalue weighted by atomic mass is 32.1. The molecule has 0 unspecified atom stereocenters. The number of carbonyl (C=O) groups is 1. The summed E-state index contributed by atoms with van der Waals surface area (Å²) in [5.74, 6) is 0.744. The fourth-order valence-corrected chi connectivity index (χ4v) is 3.03. The van der Waals surface area contributed by atoms with Gasteiger partial charge in [0.15, 0.2) is 5.13 Å². The maximum atomic E-state index is 12.3. The number of anilines is 2. The molecular weight excluding hydrogens is 260 g/mol. The second-order valence-corrected chi connectivity index (χ2v) is 6.58. The number of aromatic nitrogens is 1. The van der Waals surface area contributed by atoms with Crippen LogP contribution >= 0.6 is 11.3 Å². The summed E-state index contributed by atoms with van der Waals surface area (Å²) in [6, 6.07) is 0.502. The Morgan fingerprint density at radius 1 is 1.58 bits per heavy atom. The molecule has 19 heavy (non-hydrogen) atoms. The summed E-state index contributed by atoms with van der Waals surface area (Å²) in [4.78, 5) is 18.8. The van der Waals surface area contributed by atoms with Crippen LogP contribution in [0, 0.1) is 5.92 Å². The average Bonchev–Trinajstić information content (AvgIpc) is 2.63. The first-order valence-corrected chi connectivity index (χ1v) is 7.57. The van der Waals surface area contributed by atoms with Crippen molar-refractivity contribution in [3.05, 3.63) is 4.88 Å². The van der Waals surface area contributed by atoms with Crippen molar-refractivity contribution in [1.82, 2.24) is 9.88 Å². The van der Waals surface area contributed by atoms with E-state index in [9.17, 15) is 4.79 Å². The standard InChI is InChI=1S/C13H22N4OS/c1-8(2)7-17(3)12(18)10-11(14)16-13(19-10)15-9-5-4-6-9/h8-9H,4-7,14H2,1-3H3,(H,15,16). The van der Waals surface area contributed by atoms with E-state index in [1.165, 1.54) is 30.6 Å². The predicted molar refractivity (Wildman–Crippen MR) is 79.6 cm³/mol. The zero-order valence-corrected chi connectivity index (χ0v) is 12.6. The van der Waals surface area contributed by atoms with Gasteiger partial charge in [-0.1, -0.05) is 25.2 Å². The molecule has 2 rings (SSSR count). The number of carbonyl (C=O) groups excluding carboxylic acids is 1. The van der Waals surface area contributed by atoms with Gasteiger partial charge in [0.05, 0.1) is 0 Å². The Labute approximate surface area is 118 Å². The number of nitrogen functional groups attached to an aromatic ring is 1. The molecule has 0 aromatic carbocycles. The molecule has 6 heteroatoms. The molecule has 106 valence electrons. The number of thiazole rings is 1. The van der Waals surface area contributed by atoms with Crippen LogP contribution < -0.4 is 11.1 Å². The van der Waals surface area contributed by atoms with Crippen molar-refractivity contribution in [1.29, 1.82) is 0 Å². The van der Waals surface area contributed by atoms with E-state index in [0.29, 0.717) is 22.7 Å². The molecule has 1 aliphatic rings. The predicted octanol–water partition coefficient (Wildman–Crippen LogP) is 2.42. The highest BCUT2D eigenvalue weighted by molar-refractivity contribution is 7.18. The van der Waals surface area contributed by atoms with E-state index in [1.54, 1.807) is 11.9 Å². The van der Waals surface area contributed by atoms with Crippen LogP contribution in [0.2, 0.25) is 0 Å². The number of rotatable bonds is 5. The van der Waals surface area contributed by atoms with Gasteiger partial charge in [-0.05, 0) is 25.2 Å². The smallest absolute Gasteiger partial charge is 0.267 e. The van der Waals surface area contributed by atoms with Crippen LogP contribution in [0.4, 0.5) is 10.9 Å². The summed E-state index contributed by atoms with van der Waals surface area (Å²) >= 11 is 1.36. The summed E-state index contributed by atoms with van der Waals surface area (Å²) in [7, 11) is 1.81. The molecule has 5 nitrogen and oxygen atoms in total. The molecule has 0 atom stereocenters. The van der Waals surface area contributed by atoms with Crippen LogP contribution in [0.3, 0.4) is 0 Å². The monoisotopic (exact) mass is 282 g/mol. The summed E-state index contributed by atoms with van der Waals surface area (Å²) in [5, 5.41) is 4.10. The number of hydrogen-bond acceptors (Lipinski definition) is 5. The van der Waals surface area contributed by atoms with E-state index in [2.05, 4.69) is 24.1 Å². The van der Waals surface area contributed by atoms with Crippen LogP contribution in [-0.4, -0.2) is 35.4 Å². The van der Waals surface area contributed by atoms with Crippen molar-refractivity contribution in [2.45, 2.75) is 39.2 Å². The quantitative estimate of drug-likeness (QED) is 0.870. The van der Waals surface area contributed by atoms with E-state index < -0.39 is 0 Å². The second kappa shape index (κ2) is 5.77. The van der Waals surface area contributed by atoms with E-state index in [1.807, 2.05) is 0 Å². The molecule has 0 saturated heterocycles. The zero-order valence-electron chi connectivity index (χ0n) is 11.8. The number of nitrogens with two attached hydrogens (primary N) is 1. The Kier molecular flexibility index (Phi) is 4.29. The van der Waals surface area contributed by atoms with Gasteiger partial charge in [0.2, 0.25) is 0 Å². The van der Waals surface area contributed by atoms with E-state index in [-0.39, 0.29) is 5.91 Å². The third-order valence-corrected chi connectivity index (χ3v) is 4.26. The van der Waals surface area contributed by atoms with Gasteiger partial charge >= 0.3 is 0 Å². The lowest BCUT2D eigenvalue weighted by atomic mass is 9.93. The van der Waals surface area contributed by atoms with Crippen molar-refractivity contribution in [2.75, 3.05) is 24.6 Å². The Balaban J connectivity index is 2.04. The van der Waals surface area contributed by atoms with Crippen molar-refractivity contribution in [3.63, 3.8) is 0 Å². The Morgan fingerprint density at radius 3 is 2.79 bits per heavy atom. The lowest BCUT2D eigenvalue weighted by molar-refractivity contribution is 0.0784. The molecule has 1 aromatic heterocycles. The molecule has 0 radical (unpaired) electrons. The first kappa shape index (κ1) is 14.1. The van der Waals surface area contributed by atoms with Crippen molar-refractivity contribution < 1.29 is 4.79 Å². The Hall–Kier alpha value is -1.30. The molecule has 3 N–H and O–H groups in total. The first-order valence-electron chi connectivity index (χ1n) is 6.75. The van der Waals surface area contributed by atoms with E-state index in [4.69, 9.17) is 5.73 Å². The minimum atomic E-state index is -0.0367. The molecule has 1 amide bonds. The number of nitrogens with zero attached hydrogens (tertiary/aromatic N) is 2. The number of hydrogen-bond donors (Lipinski definition) is 2. The van der Waals surface area contributed by atoms with Gasteiger partial charge in [-0.25, -0.2) is 4.98 Å². The molecule has 1 heterocycles. The minimum Gasteiger partial charge on any atom is -0.382 e. The lowest BCUT2D eigenvalue weighted by Gasteiger charge is -2.25.